The first-order chi connectivity index (χ1) is 19.3. The van der Waals surface area contributed by atoms with Crippen molar-refractivity contribution in [2.75, 3.05) is 38.2 Å². The van der Waals surface area contributed by atoms with Crippen molar-refractivity contribution in [2.45, 2.75) is 49.8 Å². The van der Waals surface area contributed by atoms with Gasteiger partial charge < -0.3 is 19.6 Å². The van der Waals surface area contributed by atoms with E-state index in [2.05, 4.69) is 4.90 Å². The van der Waals surface area contributed by atoms with Gasteiger partial charge in [-0.25, -0.2) is 0 Å². The van der Waals surface area contributed by atoms with E-state index in [1.165, 1.54) is 13.2 Å². The molecule has 6 nitrogen and oxygen atoms in total. The summed E-state index contributed by atoms with van der Waals surface area (Å²) in [6.45, 7) is 1.51. The Labute approximate surface area is 240 Å². The van der Waals surface area contributed by atoms with Gasteiger partial charge in [-0.05, 0) is 74.3 Å². The molecule has 0 bridgehead atoms. The van der Waals surface area contributed by atoms with Gasteiger partial charge in [0, 0.05) is 43.0 Å². The van der Waals surface area contributed by atoms with E-state index in [1.807, 2.05) is 6.07 Å². The Morgan fingerprint density at radius 3 is 2.15 bits per heavy atom. The molecular formula is C29H32ClF5N2O4. The molecule has 0 aromatic heterocycles. The van der Waals surface area contributed by atoms with Crippen LogP contribution in [0.5, 0.6) is 5.75 Å². The zero-order valence-electron chi connectivity index (χ0n) is 22.5. The Bertz CT molecular complexity index is 1240. The fourth-order valence-corrected chi connectivity index (χ4v) is 6.02. The summed E-state index contributed by atoms with van der Waals surface area (Å²) in [5.41, 5.74) is -3.67. The molecule has 0 saturated carbocycles. The van der Waals surface area contributed by atoms with Crippen molar-refractivity contribution in [2.24, 2.45) is 11.8 Å². The van der Waals surface area contributed by atoms with Crippen molar-refractivity contribution in [3.05, 3.63) is 58.6 Å². The van der Waals surface area contributed by atoms with Crippen molar-refractivity contribution in [3.63, 3.8) is 0 Å². The first-order valence-electron chi connectivity index (χ1n) is 13.4. The van der Waals surface area contributed by atoms with Crippen molar-refractivity contribution < 1.29 is 41.4 Å². The summed E-state index contributed by atoms with van der Waals surface area (Å²) in [5.74, 6) is -6.93. The Balaban J connectivity index is 1.38. The van der Waals surface area contributed by atoms with Crippen LogP contribution in [0.15, 0.2) is 42.5 Å². The number of likely N-dealkylation sites (tertiary alicyclic amines) is 1. The fraction of sp³-hybridized carbons (Fsp3) is 0.517. The zero-order valence-corrected chi connectivity index (χ0v) is 23.2. The number of benzene rings is 2. The Morgan fingerprint density at radius 2 is 1.61 bits per heavy atom. The van der Waals surface area contributed by atoms with Crippen LogP contribution < -0.4 is 9.64 Å². The minimum atomic E-state index is -6.17. The molecule has 12 heteroatoms. The summed E-state index contributed by atoms with van der Waals surface area (Å²) >= 11 is 6.16. The van der Waals surface area contributed by atoms with Crippen LogP contribution >= 0.6 is 11.6 Å². The number of methoxy groups -OCH3 is 1. The minimum Gasteiger partial charge on any atom is -0.497 e. The summed E-state index contributed by atoms with van der Waals surface area (Å²) < 4.78 is 75.1. The second-order valence-corrected chi connectivity index (χ2v) is 11.1. The van der Waals surface area contributed by atoms with Gasteiger partial charge in [0.2, 0.25) is 5.60 Å². The number of rotatable bonds is 8. The van der Waals surface area contributed by atoms with Crippen molar-refractivity contribution in [1.82, 2.24) is 4.90 Å². The molecule has 224 valence electrons. The lowest BCUT2D eigenvalue weighted by molar-refractivity contribution is -0.339. The lowest BCUT2D eigenvalue weighted by Crippen LogP contribution is -2.63. The van der Waals surface area contributed by atoms with Crippen LogP contribution in [-0.2, 0) is 10.4 Å². The highest BCUT2D eigenvalue weighted by Crippen LogP contribution is 2.50. The van der Waals surface area contributed by atoms with Crippen LogP contribution in [0, 0.1) is 11.8 Å². The fourth-order valence-electron chi connectivity index (χ4n) is 5.80. The highest BCUT2D eigenvalue weighted by Gasteiger charge is 2.74. The molecule has 1 amide bonds. The molecule has 2 heterocycles. The molecule has 41 heavy (non-hydrogen) atoms. The largest absolute Gasteiger partial charge is 0.497 e. The predicted molar refractivity (Wildman–Crippen MR) is 144 cm³/mol. The number of halogens is 6. The molecule has 2 saturated heterocycles. The number of hydrogen-bond donors (Lipinski definition) is 1. The van der Waals surface area contributed by atoms with Crippen LogP contribution in [-0.4, -0.2) is 67.6 Å². The van der Waals surface area contributed by atoms with E-state index in [-0.39, 0.29) is 24.8 Å². The summed E-state index contributed by atoms with van der Waals surface area (Å²) in [6.07, 6.45) is -1.95. The third-order valence-electron chi connectivity index (χ3n) is 8.27. The Kier molecular flexibility index (Phi) is 9.18. The molecule has 1 atom stereocenters. The molecule has 2 fully saturated rings. The molecule has 0 spiro atoms. The van der Waals surface area contributed by atoms with E-state index in [0.29, 0.717) is 35.6 Å². The number of aldehydes is 1. The lowest BCUT2D eigenvalue weighted by Gasteiger charge is -2.42. The van der Waals surface area contributed by atoms with Gasteiger partial charge >= 0.3 is 12.1 Å². The second kappa shape index (κ2) is 12.1. The number of alkyl halides is 5. The van der Waals surface area contributed by atoms with E-state index in [9.17, 15) is 36.6 Å². The average molecular weight is 603 g/mol. The average Bonchev–Trinajstić information content (AvgIpc) is 2.96. The van der Waals surface area contributed by atoms with Gasteiger partial charge in [0.25, 0.3) is 5.91 Å². The maximum absolute atomic E-state index is 14.8. The van der Waals surface area contributed by atoms with Crippen molar-refractivity contribution in [3.8, 4) is 5.75 Å². The highest BCUT2D eigenvalue weighted by molar-refractivity contribution is 6.33. The first kappa shape index (κ1) is 31.0. The van der Waals surface area contributed by atoms with Gasteiger partial charge in [-0.3, -0.25) is 9.59 Å². The summed E-state index contributed by atoms with van der Waals surface area (Å²) in [4.78, 5) is 27.4. The van der Waals surface area contributed by atoms with Gasteiger partial charge in [0.05, 0.1) is 12.1 Å². The SMILES string of the molecule is COc1cccc([C@@](O)(C(=O)N2CCC(CC3CCN(c4ccc(C=O)c(Cl)c4)CC3)CC2)C(F)(F)C(F)(F)F)c1. The minimum absolute atomic E-state index is 0.0376. The second-order valence-electron chi connectivity index (χ2n) is 10.7. The third-order valence-corrected chi connectivity index (χ3v) is 8.59. The lowest BCUT2D eigenvalue weighted by atomic mass is 9.81. The van der Waals surface area contributed by atoms with Gasteiger partial charge in [0.1, 0.15) is 5.75 Å². The maximum Gasteiger partial charge on any atom is 0.457 e. The molecule has 1 N–H and O–H groups in total. The van der Waals surface area contributed by atoms with E-state index in [1.54, 1.807) is 12.1 Å². The number of piperidine rings is 2. The quantitative estimate of drug-likeness (QED) is 0.292. The molecule has 2 aromatic rings. The number of hydrogen-bond acceptors (Lipinski definition) is 5. The van der Waals surface area contributed by atoms with E-state index in [0.717, 1.165) is 61.1 Å². The third kappa shape index (κ3) is 6.16. The number of nitrogens with zero attached hydrogens (tertiary/aromatic N) is 2. The number of amides is 1. The maximum atomic E-state index is 14.8. The predicted octanol–water partition coefficient (Wildman–Crippen LogP) is 6.09. The van der Waals surface area contributed by atoms with E-state index >= 15 is 0 Å². The normalized spacial score (nSPS) is 19.1. The van der Waals surface area contributed by atoms with Crippen LogP contribution in [0.4, 0.5) is 27.6 Å². The summed E-state index contributed by atoms with van der Waals surface area (Å²) in [5, 5.41) is 11.3. The smallest absolute Gasteiger partial charge is 0.457 e. The highest BCUT2D eigenvalue weighted by atomic mass is 35.5. The molecule has 0 aliphatic carbocycles. The van der Waals surface area contributed by atoms with Crippen molar-refractivity contribution >= 4 is 29.5 Å². The number of ether oxygens (including phenoxy) is 1. The van der Waals surface area contributed by atoms with Gasteiger partial charge in [-0.15, -0.1) is 0 Å². The molecule has 2 aliphatic heterocycles. The van der Waals surface area contributed by atoms with E-state index < -0.39 is 29.2 Å². The molecule has 4 rings (SSSR count). The number of carbonyl (C=O) groups excluding carboxylic acids is 2. The van der Waals surface area contributed by atoms with Gasteiger partial charge in [-0.1, -0.05) is 23.7 Å². The molecule has 0 unspecified atom stereocenters. The number of anilines is 1. The summed E-state index contributed by atoms with van der Waals surface area (Å²) in [6, 6.07) is 9.46. The molecule has 2 aromatic carbocycles. The van der Waals surface area contributed by atoms with Gasteiger partial charge in [0.15, 0.2) is 6.29 Å². The van der Waals surface area contributed by atoms with Crippen molar-refractivity contribution in [1.29, 1.82) is 0 Å². The Hall–Kier alpha value is -2.92. The topological polar surface area (TPSA) is 70.1 Å². The molecule has 2 aliphatic rings. The monoisotopic (exact) mass is 602 g/mol. The van der Waals surface area contributed by atoms with E-state index in [4.69, 9.17) is 16.3 Å². The molecular weight excluding hydrogens is 571 g/mol. The van der Waals surface area contributed by atoms with Crippen LogP contribution in [0.25, 0.3) is 0 Å². The van der Waals surface area contributed by atoms with Crippen LogP contribution in [0.2, 0.25) is 5.02 Å². The summed E-state index contributed by atoms with van der Waals surface area (Å²) in [7, 11) is 1.19. The van der Waals surface area contributed by atoms with Crippen LogP contribution in [0.3, 0.4) is 0 Å². The van der Waals surface area contributed by atoms with Crippen LogP contribution in [0.1, 0.15) is 48.0 Å². The Morgan fingerprint density at radius 1 is 1.00 bits per heavy atom. The number of carbonyl (C=O) groups is 2. The number of aliphatic hydroxyl groups is 1. The first-order valence-corrected chi connectivity index (χ1v) is 13.8. The molecule has 0 radical (unpaired) electrons. The standard InChI is InChI=1S/C29H32ClF5N2O4/c1-41-24-4-2-3-22(16-24)27(40,28(31,32)29(33,34)35)26(39)37-13-9-20(10-14-37)15-19-7-11-36(12-8-19)23-6-5-21(18-38)25(30)17-23/h2-6,16-20,40H,7-15H2,1H3/t27-/m1/s1. The zero-order chi connectivity index (χ0) is 30.0. The van der Waals surface area contributed by atoms with Gasteiger partial charge in [-0.2, -0.15) is 22.0 Å².